The molecule has 0 aromatic rings. The maximum Gasteiger partial charge on any atom is 0.482 e. The highest BCUT2D eigenvalue weighted by Crippen LogP contribution is 2.41. The fraction of sp³-hybridized carbons (Fsp3) is 1.00. The molecule has 4 rings (SSSR count). The highest BCUT2D eigenvalue weighted by molar-refractivity contribution is 6.96. The van der Waals surface area contributed by atoms with Crippen molar-refractivity contribution >= 4 is 71.9 Å². The first-order valence-corrected chi connectivity index (χ1v) is 25.6. The SMILES string of the molecule is C[Si]1CO[Si]2(C)O[Si]3(C)O[Si](C)(O1)O[Si]1(C)O[Si]O[Si](CCCO)(O2)O[Si](C)(O1)O3. The second-order valence-electron chi connectivity index (χ2n) is 7.92. The topological polar surface area (TPSA) is 122 Å². The van der Waals surface area contributed by atoms with Gasteiger partial charge in [0.2, 0.25) is 9.04 Å². The molecule has 30 heavy (non-hydrogen) atoms. The Morgan fingerprint density at radius 2 is 1.33 bits per heavy atom. The molecule has 171 valence electrons. The van der Waals surface area contributed by atoms with Crippen molar-refractivity contribution in [3.8, 4) is 0 Å². The number of rotatable bonds is 3. The minimum atomic E-state index is -3.46. The number of aliphatic hydroxyl groups is 1. The van der Waals surface area contributed by atoms with Crippen LogP contribution >= 0.6 is 0 Å². The highest BCUT2D eigenvalue weighted by atomic mass is 28.6. The van der Waals surface area contributed by atoms with Crippen LogP contribution in [0.4, 0.5) is 0 Å². The van der Waals surface area contributed by atoms with Crippen molar-refractivity contribution in [3.05, 3.63) is 0 Å². The molecule has 0 saturated carbocycles. The monoisotopic (exact) mass is 563 g/mol. The number of aliphatic hydroxyl groups excluding tert-OH is 1. The molecule has 6 atom stereocenters. The molecule has 0 spiro atoms. The van der Waals surface area contributed by atoms with Gasteiger partial charge < -0.3 is 50.7 Å². The van der Waals surface area contributed by atoms with E-state index in [-0.39, 0.29) is 6.61 Å². The van der Waals surface area contributed by atoms with Crippen molar-refractivity contribution in [3.63, 3.8) is 0 Å². The predicted molar refractivity (Wildman–Crippen MR) is 115 cm³/mol. The lowest BCUT2D eigenvalue weighted by Gasteiger charge is -2.53. The van der Waals surface area contributed by atoms with Crippen LogP contribution in [0.25, 0.3) is 0 Å². The van der Waals surface area contributed by atoms with Crippen LogP contribution < -0.4 is 0 Å². The zero-order valence-electron chi connectivity index (χ0n) is 17.8. The van der Waals surface area contributed by atoms with Gasteiger partial charge in [-0.2, -0.15) is 0 Å². The molecule has 0 amide bonds. The maximum atomic E-state index is 9.45. The molecular weight excluding hydrogens is 537 g/mol. The summed E-state index contributed by atoms with van der Waals surface area (Å²) in [5, 5.41) is 9.45. The van der Waals surface area contributed by atoms with Crippen LogP contribution in [0.5, 0.6) is 0 Å². The van der Waals surface area contributed by atoms with Crippen LogP contribution in [0.2, 0.25) is 45.3 Å². The summed E-state index contributed by atoms with van der Waals surface area (Å²) in [5.41, 5.74) is 0. The zero-order chi connectivity index (χ0) is 21.9. The molecule has 0 aromatic heterocycles. The van der Waals surface area contributed by atoms with Gasteiger partial charge in [0, 0.05) is 45.4 Å². The van der Waals surface area contributed by atoms with Gasteiger partial charge in [-0.3, -0.25) is 0 Å². The Morgan fingerprint density at radius 3 is 2.07 bits per heavy atom. The number of hydrogen-bond acceptors (Lipinski definition) is 12. The molecule has 0 aliphatic carbocycles. The molecule has 3 radical (unpaired) electrons. The third kappa shape index (κ3) is 5.16. The van der Waals surface area contributed by atoms with Gasteiger partial charge in [-0.15, -0.1) is 0 Å². The lowest BCUT2D eigenvalue weighted by atomic mass is 10.5. The summed E-state index contributed by atoms with van der Waals surface area (Å²) in [5.74, 6) is 0. The molecule has 4 saturated heterocycles. The largest absolute Gasteiger partial charge is 0.482 e. The van der Waals surface area contributed by atoms with Gasteiger partial charge in [-0.25, -0.2) is 0 Å². The summed E-state index contributed by atoms with van der Waals surface area (Å²) in [6.45, 7) is 10.8. The van der Waals surface area contributed by atoms with Gasteiger partial charge in [0.1, 0.15) is 0 Å². The molecular formula is C10H27O12Si8. The predicted octanol–water partition coefficient (Wildman–Crippen LogP) is 0.0829. The van der Waals surface area contributed by atoms with E-state index in [1.54, 1.807) is 32.7 Å². The van der Waals surface area contributed by atoms with E-state index in [2.05, 4.69) is 0 Å². The lowest BCUT2D eigenvalue weighted by Crippen LogP contribution is -2.78. The number of fused-ring (bicyclic) bond motifs is 4. The molecule has 6 unspecified atom stereocenters. The first kappa shape index (κ1) is 24.4. The van der Waals surface area contributed by atoms with Gasteiger partial charge in [-0.05, 0) is 13.0 Å². The third-order valence-corrected chi connectivity index (χ3v) is 33.5. The Labute approximate surface area is 186 Å². The van der Waals surface area contributed by atoms with Crippen LogP contribution in [0, 0.1) is 0 Å². The summed E-state index contributed by atoms with van der Waals surface area (Å²) in [4.78, 5) is 0. The van der Waals surface area contributed by atoms with E-state index >= 15 is 0 Å². The quantitative estimate of drug-likeness (QED) is 0.468. The average Bonchev–Trinajstić information content (AvgIpc) is 2.56. The first-order chi connectivity index (χ1) is 13.8. The molecule has 4 fully saturated rings. The minimum Gasteiger partial charge on any atom is -0.414 e. The summed E-state index contributed by atoms with van der Waals surface area (Å²) in [6, 6.07) is 0.343. The maximum absolute atomic E-state index is 9.45. The van der Waals surface area contributed by atoms with Crippen LogP contribution in [0.3, 0.4) is 0 Å². The van der Waals surface area contributed by atoms with E-state index in [4.69, 9.17) is 45.6 Å². The van der Waals surface area contributed by atoms with E-state index in [1.807, 2.05) is 6.55 Å². The van der Waals surface area contributed by atoms with Crippen molar-refractivity contribution < 1.29 is 50.7 Å². The van der Waals surface area contributed by atoms with Crippen molar-refractivity contribution in [1.29, 1.82) is 0 Å². The Kier molecular flexibility index (Phi) is 6.65. The fourth-order valence-electron chi connectivity index (χ4n) is 3.83. The summed E-state index contributed by atoms with van der Waals surface area (Å²) >= 11 is 0. The molecule has 12 nitrogen and oxygen atoms in total. The van der Waals surface area contributed by atoms with Gasteiger partial charge in [0.15, 0.2) is 0 Å². The fourth-order valence-corrected chi connectivity index (χ4v) is 39.1. The second-order valence-corrected chi connectivity index (χ2v) is 28.7. The Morgan fingerprint density at radius 1 is 0.767 bits per heavy atom. The summed E-state index contributed by atoms with van der Waals surface area (Å²) in [6.07, 6.45) is 0.730. The van der Waals surface area contributed by atoms with Gasteiger partial charge >= 0.3 is 62.8 Å². The normalized spacial score (nSPS) is 52.5. The van der Waals surface area contributed by atoms with Gasteiger partial charge in [-0.1, -0.05) is 0 Å². The van der Waals surface area contributed by atoms with Crippen LogP contribution in [-0.2, 0) is 45.6 Å². The van der Waals surface area contributed by atoms with E-state index < -0.39 is 71.9 Å². The summed E-state index contributed by atoms with van der Waals surface area (Å²) < 4.78 is 69.9. The molecule has 1 N–H and O–H groups in total. The van der Waals surface area contributed by atoms with E-state index in [1.165, 1.54) is 0 Å². The first-order valence-electron chi connectivity index (χ1n) is 9.60. The van der Waals surface area contributed by atoms with Crippen molar-refractivity contribution in [2.75, 3.05) is 12.8 Å². The van der Waals surface area contributed by atoms with E-state index in [9.17, 15) is 5.11 Å². The van der Waals surface area contributed by atoms with E-state index in [0.29, 0.717) is 18.7 Å². The highest BCUT2D eigenvalue weighted by Gasteiger charge is 2.71. The average molecular weight is 564 g/mol. The smallest absolute Gasteiger partial charge is 0.414 e. The van der Waals surface area contributed by atoms with Crippen LogP contribution in [0.1, 0.15) is 6.42 Å². The minimum absolute atomic E-state index is 0.0418. The third-order valence-electron chi connectivity index (χ3n) is 4.50. The van der Waals surface area contributed by atoms with Crippen molar-refractivity contribution in [1.82, 2.24) is 0 Å². The molecule has 4 aliphatic heterocycles. The molecule has 4 heterocycles. The lowest BCUT2D eigenvalue weighted by molar-refractivity contribution is 0.0343. The Hall–Kier alpha value is 1.26. The second kappa shape index (κ2) is 8.18. The van der Waals surface area contributed by atoms with Crippen molar-refractivity contribution in [2.45, 2.75) is 51.7 Å². The van der Waals surface area contributed by atoms with Gasteiger partial charge in [0.25, 0.3) is 0 Å². The van der Waals surface area contributed by atoms with E-state index in [0.717, 1.165) is 0 Å². The number of hydrogen-bond donors (Lipinski definition) is 1. The molecule has 4 aliphatic rings. The standard InChI is InChI=1S/C10H27O12Si8/c1-24-10-12-25(2)16-28(5)19-27(4,15-24)17-26(3)13-23-14-30(21-25,9-7-8-11)22-29(6,18-26)20-28/h11H,7-10H2,1-6H3. The Bertz CT molecular complexity index is 683. The summed E-state index contributed by atoms with van der Waals surface area (Å²) in [7, 11) is -22.2. The Balaban J connectivity index is 1.86. The molecule has 6 bridgehead atoms. The zero-order valence-corrected chi connectivity index (χ0v) is 25.8. The van der Waals surface area contributed by atoms with Crippen molar-refractivity contribution in [2.24, 2.45) is 0 Å². The molecule has 20 heteroatoms. The van der Waals surface area contributed by atoms with Gasteiger partial charge in [0.05, 0.1) is 6.23 Å². The van der Waals surface area contributed by atoms with Crippen LogP contribution in [0.15, 0.2) is 0 Å². The van der Waals surface area contributed by atoms with Crippen LogP contribution in [-0.4, -0.2) is 89.8 Å². The molecule has 0 aromatic carbocycles.